The quantitative estimate of drug-likeness (QED) is 0.583. The Morgan fingerprint density at radius 2 is 2.25 bits per heavy atom. The molecule has 0 bridgehead atoms. The molecule has 12 heavy (non-hydrogen) atoms. The van der Waals surface area contributed by atoms with Gasteiger partial charge in [-0.15, -0.1) is 0 Å². The van der Waals surface area contributed by atoms with Gasteiger partial charge in [-0.2, -0.15) is 11.8 Å². The fourth-order valence-corrected chi connectivity index (χ4v) is 2.74. The standard InChI is InChI=1S/C8H17NO2S/c9-7-2-1-3-8(7)12-5-6(11)4-10/h6-8,10-11H,1-5,9H2. The Kier molecular flexibility index (Phi) is 4.35. The molecule has 0 saturated heterocycles. The number of hydrogen-bond donors (Lipinski definition) is 3. The first-order valence-electron chi connectivity index (χ1n) is 4.40. The number of aliphatic hydroxyl groups excluding tert-OH is 2. The van der Waals surface area contributed by atoms with Crippen molar-refractivity contribution in [2.45, 2.75) is 36.7 Å². The number of hydrogen-bond acceptors (Lipinski definition) is 4. The fourth-order valence-electron chi connectivity index (χ4n) is 1.45. The molecular weight excluding hydrogens is 174 g/mol. The Morgan fingerprint density at radius 1 is 1.50 bits per heavy atom. The topological polar surface area (TPSA) is 66.5 Å². The SMILES string of the molecule is NC1CCCC1SCC(O)CO. The van der Waals surface area contributed by atoms with Crippen molar-refractivity contribution in [3.05, 3.63) is 0 Å². The van der Waals surface area contributed by atoms with Crippen LogP contribution in [0.1, 0.15) is 19.3 Å². The van der Waals surface area contributed by atoms with Crippen molar-refractivity contribution in [1.29, 1.82) is 0 Å². The van der Waals surface area contributed by atoms with Gasteiger partial charge in [-0.05, 0) is 12.8 Å². The van der Waals surface area contributed by atoms with Gasteiger partial charge in [-0.25, -0.2) is 0 Å². The van der Waals surface area contributed by atoms with Gasteiger partial charge >= 0.3 is 0 Å². The van der Waals surface area contributed by atoms with Crippen LogP contribution in [0, 0.1) is 0 Å². The predicted octanol–water partition coefficient (Wildman–Crippen LogP) is -0.0474. The third-order valence-corrected chi connectivity index (χ3v) is 3.81. The van der Waals surface area contributed by atoms with Crippen LogP contribution >= 0.6 is 11.8 Å². The van der Waals surface area contributed by atoms with E-state index in [1.807, 2.05) is 0 Å². The summed E-state index contributed by atoms with van der Waals surface area (Å²) in [6.45, 7) is -0.144. The molecule has 0 spiro atoms. The molecule has 72 valence electrons. The zero-order valence-electron chi connectivity index (χ0n) is 7.15. The van der Waals surface area contributed by atoms with Crippen LogP contribution in [0.25, 0.3) is 0 Å². The average molecular weight is 191 g/mol. The Morgan fingerprint density at radius 3 is 2.75 bits per heavy atom. The number of rotatable bonds is 4. The van der Waals surface area contributed by atoms with E-state index in [0.29, 0.717) is 17.0 Å². The predicted molar refractivity (Wildman–Crippen MR) is 51.2 cm³/mol. The van der Waals surface area contributed by atoms with E-state index in [2.05, 4.69) is 0 Å². The zero-order chi connectivity index (χ0) is 8.97. The first-order valence-corrected chi connectivity index (χ1v) is 5.45. The summed E-state index contributed by atoms with van der Waals surface area (Å²) in [5, 5.41) is 18.2. The Hall–Kier alpha value is 0.230. The minimum absolute atomic E-state index is 0.144. The lowest BCUT2D eigenvalue weighted by Crippen LogP contribution is -2.28. The molecule has 0 amide bonds. The second-order valence-corrected chi connectivity index (χ2v) is 4.58. The van der Waals surface area contributed by atoms with Crippen molar-refractivity contribution in [2.75, 3.05) is 12.4 Å². The van der Waals surface area contributed by atoms with Gasteiger partial charge in [-0.1, -0.05) is 6.42 Å². The maximum Gasteiger partial charge on any atom is 0.0861 e. The number of aliphatic hydroxyl groups is 2. The van der Waals surface area contributed by atoms with Crippen molar-refractivity contribution in [3.63, 3.8) is 0 Å². The molecule has 1 saturated carbocycles. The third-order valence-electron chi connectivity index (χ3n) is 2.22. The highest BCUT2D eigenvalue weighted by Crippen LogP contribution is 2.28. The maximum absolute atomic E-state index is 9.09. The highest BCUT2D eigenvalue weighted by Gasteiger charge is 2.24. The minimum atomic E-state index is -0.581. The summed E-state index contributed by atoms with van der Waals surface area (Å²) < 4.78 is 0. The smallest absolute Gasteiger partial charge is 0.0861 e. The average Bonchev–Trinajstić information content (AvgIpc) is 2.47. The van der Waals surface area contributed by atoms with Gasteiger partial charge in [0.25, 0.3) is 0 Å². The minimum Gasteiger partial charge on any atom is -0.394 e. The maximum atomic E-state index is 9.09. The van der Waals surface area contributed by atoms with E-state index in [9.17, 15) is 0 Å². The van der Waals surface area contributed by atoms with Gasteiger partial charge in [0.2, 0.25) is 0 Å². The summed E-state index contributed by atoms with van der Waals surface area (Å²) in [6, 6.07) is 0.292. The van der Waals surface area contributed by atoms with Crippen LogP contribution in [-0.4, -0.2) is 40.0 Å². The van der Waals surface area contributed by atoms with E-state index in [1.165, 1.54) is 6.42 Å². The molecule has 4 N–H and O–H groups in total. The van der Waals surface area contributed by atoms with Gasteiger partial charge in [0, 0.05) is 17.0 Å². The molecule has 0 aromatic carbocycles. The summed E-state index contributed by atoms with van der Waals surface area (Å²) in [5.74, 6) is 0.606. The highest BCUT2D eigenvalue weighted by atomic mass is 32.2. The highest BCUT2D eigenvalue weighted by molar-refractivity contribution is 8.00. The van der Waals surface area contributed by atoms with Gasteiger partial charge in [0.1, 0.15) is 0 Å². The Bertz CT molecular complexity index is 134. The van der Waals surface area contributed by atoms with Crippen molar-refractivity contribution in [3.8, 4) is 0 Å². The van der Waals surface area contributed by atoms with E-state index in [1.54, 1.807) is 11.8 Å². The second-order valence-electron chi connectivity index (χ2n) is 3.30. The number of thioether (sulfide) groups is 1. The number of nitrogens with two attached hydrogens (primary N) is 1. The van der Waals surface area contributed by atoms with Crippen molar-refractivity contribution < 1.29 is 10.2 Å². The van der Waals surface area contributed by atoms with E-state index in [0.717, 1.165) is 12.8 Å². The third kappa shape index (κ3) is 2.94. The molecule has 0 radical (unpaired) electrons. The van der Waals surface area contributed by atoms with E-state index in [-0.39, 0.29) is 6.61 Å². The van der Waals surface area contributed by atoms with E-state index >= 15 is 0 Å². The molecule has 1 fully saturated rings. The van der Waals surface area contributed by atoms with Crippen LogP contribution in [0.2, 0.25) is 0 Å². The van der Waals surface area contributed by atoms with Crippen molar-refractivity contribution >= 4 is 11.8 Å². The molecule has 0 aliphatic heterocycles. The molecule has 0 aromatic heterocycles. The first-order chi connectivity index (χ1) is 5.74. The first kappa shape index (κ1) is 10.3. The molecule has 3 unspecified atom stereocenters. The molecule has 0 heterocycles. The van der Waals surface area contributed by atoms with Crippen molar-refractivity contribution in [2.24, 2.45) is 5.73 Å². The second kappa shape index (κ2) is 5.07. The van der Waals surface area contributed by atoms with Gasteiger partial charge in [0.05, 0.1) is 12.7 Å². The molecule has 3 nitrogen and oxygen atoms in total. The van der Waals surface area contributed by atoms with Gasteiger partial charge < -0.3 is 15.9 Å². The summed E-state index contributed by atoms with van der Waals surface area (Å²) in [6.07, 6.45) is 2.88. The lowest BCUT2D eigenvalue weighted by Gasteiger charge is -2.16. The van der Waals surface area contributed by atoms with Crippen LogP contribution < -0.4 is 5.73 Å². The molecule has 4 heteroatoms. The van der Waals surface area contributed by atoms with Crippen LogP contribution in [0.4, 0.5) is 0 Å². The summed E-state index contributed by atoms with van der Waals surface area (Å²) in [4.78, 5) is 0. The van der Waals surface area contributed by atoms with Crippen LogP contribution in [0.3, 0.4) is 0 Å². The molecule has 1 aliphatic carbocycles. The van der Waals surface area contributed by atoms with Crippen LogP contribution in [0.15, 0.2) is 0 Å². The molecule has 1 rings (SSSR count). The summed E-state index contributed by atoms with van der Waals surface area (Å²) >= 11 is 1.69. The molecular formula is C8H17NO2S. The summed E-state index contributed by atoms with van der Waals surface area (Å²) in [5.41, 5.74) is 5.84. The molecule has 1 aliphatic rings. The lowest BCUT2D eigenvalue weighted by atomic mass is 10.3. The normalized spacial score (nSPS) is 32.2. The van der Waals surface area contributed by atoms with Crippen molar-refractivity contribution in [1.82, 2.24) is 0 Å². The van der Waals surface area contributed by atoms with Crippen LogP contribution in [-0.2, 0) is 0 Å². The molecule has 3 atom stereocenters. The fraction of sp³-hybridized carbons (Fsp3) is 1.00. The largest absolute Gasteiger partial charge is 0.394 e. The molecule has 0 aromatic rings. The van der Waals surface area contributed by atoms with Gasteiger partial charge in [0.15, 0.2) is 0 Å². The Labute approximate surface area is 77.3 Å². The van der Waals surface area contributed by atoms with Gasteiger partial charge in [-0.3, -0.25) is 0 Å². The lowest BCUT2D eigenvalue weighted by molar-refractivity contribution is 0.113. The Balaban J connectivity index is 2.13. The zero-order valence-corrected chi connectivity index (χ0v) is 7.96. The van der Waals surface area contributed by atoms with E-state index in [4.69, 9.17) is 15.9 Å². The van der Waals surface area contributed by atoms with E-state index < -0.39 is 6.10 Å². The summed E-state index contributed by atoms with van der Waals surface area (Å²) in [7, 11) is 0. The van der Waals surface area contributed by atoms with Crippen LogP contribution in [0.5, 0.6) is 0 Å². The monoisotopic (exact) mass is 191 g/mol.